The Morgan fingerprint density at radius 2 is 2.07 bits per heavy atom. The molecule has 0 radical (unpaired) electrons. The van der Waals surface area contributed by atoms with Crippen LogP contribution in [0.3, 0.4) is 0 Å². The topological polar surface area (TPSA) is 64.1 Å². The SMILES string of the molecule is O=CONc1cnc2ccccc2n1. The Balaban J connectivity index is 2.36. The largest absolute Gasteiger partial charge is 0.345 e. The highest BCUT2D eigenvalue weighted by Crippen LogP contribution is 2.10. The molecule has 5 nitrogen and oxygen atoms in total. The fourth-order valence-corrected chi connectivity index (χ4v) is 1.09. The Morgan fingerprint density at radius 3 is 2.86 bits per heavy atom. The number of fused-ring (bicyclic) bond motifs is 1. The van der Waals surface area contributed by atoms with E-state index in [0.29, 0.717) is 5.82 Å². The quantitative estimate of drug-likeness (QED) is 0.579. The summed E-state index contributed by atoms with van der Waals surface area (Å²) in [5, 5.41) is 0. The van der Waals surface area contributed by atoms with E-state index >= 15 is 0 Å². The number of aromatic nitrogens is 2. The minimum absolute atomic E-state index is 0.289. The fourth-order valence-electron chi connectivity index (χ4n) is 1.09. The molecule has 0 unspecified atom stereocenters. The van der Waals surface area contributed by atoms with Gasteiger partial charge in [0.25, 0.3) is 0 Å². The van der Waals surface area contributed by atoms with Crippen molar-refractivity contribution in [2.75, 3.05) is 5.48 Å². The van der Waals surface area contributed by atoms with Gasteiger partial charge in [-0.3, -0.25) is 9.78 Å². The molecule has 0 bridgehead atoms. The zero-order valence-corrected chi connectivity index (χ0v) is 7.18. The number of hydrogen-bond acceptors (Lipinski definition) is 5. The van der Waals surface area contributed by atoms with Gasteiger partial charge < -0.3 is 4.84 Å². The molecule has 1 N–H and O–H groups in total. The van der Waals surface area contributed by atoms with E-state index in [1.54, 1.807) is 0 Å². The molecule has 70 valence electrons. The van der Waals surface area contributed by atoms with Crippen LogP contribution in [0.2, 0.25) is 0 Å². The minimum atomic E-state index is 0.289. The van der Waals surface area contributed by atoms with E-state index in [0.717, 1.165) is 11.0 Å². The molecular formula is C9H7N3O2. The number of nitrogens with zero attached hydrogens (tertiary/aromatic N) is 2. The van der Waals surface area contributed by atoms with E-state index in [4.69, 9.17) is 0 Å². The molecule has 5 heteroatoms. The smallest absolute Gasteiger partial charge is 0.320 e. The summed E-state index contributed by atoms with van der Waals surface area (Å²) in [6.45, 7) is 0.289. The van der Waals surface area contributed by atoms with E-state index in [9.17, 15) is 4.79 Å². The molecule has 2 aromatic rings. The maximum absolute atomic E-state index is 9.91. The van der Waals surface area contributed by atoms with Crippen molar-refractivity contribution < 1.29 is 9.63 Å². The second kappa shape index (κ2) is 3.69. The first-order valence-corrected chi connectivity index (χ1v) is 3.97. The normalized spacial score (nSPS) is 9.71. The van der Waals surface area contributed by atoms with Gasteiger partial charge in [0.05, 0.1) is 17.2 Å². The summed E-state index contributed by atoms with van der Waals surface area (Å²) in [7, 11) is 0. The lowest BCUT2D eigenvalue weighted by Gasteiger charge is -2.01. The van der Waals surface area contributed by atoms with Crippen molar-refractivity contribution in [2.45, 2.75) is 0 Å². The molecule has 14 heavy (non-hydrogen) atoms. The second-order valence-corrected chi connectivity index (χ2v) is 2.56. The third kappa shape index (κ3) is 1.61. The van der Waals surface area contributed by atoms with Gasteiger partial charge in [-0.2, -0.15) is 5.48 Å². The van der Waals surface area contributed by atoms with Crippen molar-refractivity contribution in [3.63, 3.8) is 0 Å². The van der Waals surface area contributed by atoms with Crippen LogP contribution in [0.5, 0.6) is 0 Å². The van der Waals surface area contributed by atoms with E-state index in [2.05, 4.69) is 20.3 Å². The average molecular weight is 189 g/mol. The van der Waals surface area contributed by atoms with Crippen molar-refractivity contribution >= 4 is 23.3 Å². The summed E-state index contributed by atoms with van der Waals surface area (Å²) in [5.74, 6) is 0.399. The molecule has 0 saturated heterocycles. The van der Waals surface area contributed by atoms with E-state index in [-0.39, 0.29) is 6.47 Å². The van der Waals surface area contributed by atoms with Gasteiger partial charge >= 0.3 is 6.47 Å². The van der Waals surface area contributed by atoms with Crippen LogP contribution in [0.4, 0.5) is 5.82 Å². The van der Waals surface area contributed by atoms with Crippen LogP contribution in [0.1, 0.15) is 0 Å². The predicted molar refractivity (Wildman–Crippen MR) is 50.3 cm³/mol. The number of hydrogen-bond donors (Lipinski definition) is 1. The molecule has 0 aliphatic heterocycles. The summed E-state index contributed by atoms with van der Waals surface area (Å²) >= 11 is 0. The van der Waals surface area contributed by atoms with Crippen LogP contribution in [0.25, 0.3) is 11.0 Å². The van der Waals surface area contributed by atoms with Gasteiger partial charge in [-0.05, 0) is 12.1 Å². The molecule has 0 atom stereocenters. The highest BCUT2D eigenvalue weighted by Gasteiger charge is 1.97. The molecule has 1 heterocycles. The Morgan fingerprint density at radius 1 is 1.29 bits per heavy atom. The van der Waals surface area contributed by atoms with Crippen molar-refractivity contribution in [1.82, 2.24) is 9.97 Å². The Bertz CT molecular complexity index is 459. The number of benzene rings is 1. The molecule has 0 aliphatic rings. The molecule has 2 rings (SSSR count). The molecule has 1 aromatic carbocycles. The molecule has 0 fully saturated rings. The zero-order valence-electron chi connectivity index (χ0n) is 7.18. The highest BCUT2D eigenvalue weighted by atomic mass is 16.7. The summed E-state index contributed by atoms with van der Waals surface area (Å²) in [6.07, 6.45) is 1.49. The average Bonchev–Trinajstić information content (AvgIpc) is 2.26. The van der Waals surface area contributed by atoms with Crippen LogP contribution in [0.15, 0.2) is 30.5 Å². The Labute approximate surface area is 79.7 Å². The van der Waals surface area contributed by atoms with Crippen LogP contribution < -0.4 is 5.48 Å². The summed E-state index contributed by atoms with van der Waals surface area (Å²) in [6, 6.07) is 7.43. The maximum Gasteiger partial charge on any atom is 0.320 e. The highest BCUT2D eigenvalue weighted by molar-refractivity contribution is 5.75. The first kappa shape index (κ1) is 8.43. The fraction of sp³-hybridized carbons (Fsp3) is 0. The molecule has 0 saturated carbocycles. The number of rotatable bonds is 3. The zero-order chi connectivity index (χ0) is 9.80. The van der Waals surface area contributed by atoms with Crippen molar-refractivity contribution in [2.24, 2.45) is 0 Å². The summed E-state index contributed by atoms with van der Waals surface area (Å²) in [5.41, 5.74) is 3.88. The number of para-hydroxylation sites is 2. The van der Waals surface area contributed by atoms with Crippen LogP contribution in [-0.4, -0.2) is 16.4 Å². The second-order valence-electron chi connectivity index (χ2n) is 2.56. The van der Waals surface area contributed by atoms with Crippen molar-refractivity contribution in [3.05, 3.63) is 30.5 Å². The van der Waals surface area contributed by atoms with E-state index < -0.39 is 0 Å². The lowest BCUT2D eigenvalue weighted by Crippen LogP contribution is -2.01. The van der Waals surface area contributed by atoms with Crippen molar-refractivity contribution in [1.29, 1.82) is 0 Å². The third-order valence-corrected chi connectivity index (χ3v) is 1.66. The third-order valence-electron chi connectivity index (χ3n) is 1.66. The van der Waals surface area contributed by atoms with Gasteiger partial charge in [0.15, 0.2) is 5.82 Å². The summed E-state index contributed by atoms with van der Waals surface area (Å²) in [4.78, 5) is 22.5. The molecule has 0 aliphatic carbocycles. The van der Waals surface area contributed by atoms with Gasteiger partial charge in [0, 0.05) is 0 Å². The lowest BCUT2D eigenvalue weighted by molar-refractivity contribution is -0.126. The predicted octanol–water partition coefficient (Wildman–Crippen LogP) is 1.13. The van der Waals surface area contributed by atoms with Crippen molar-refractivity contribution in [3.8, 4) is 0 Å². The molecule has 0 spiro atoms. The Kier molecular flexibility index (Phi) is 2.22. The van der Waals surface area contributed by atoms with Crippen LogP contribution >= 0.6 is 0 Å². The molecule has 1 aromatic heterocycles. The van der Waals surface area contributed by atoms with Gasteiger partial charge in [-0.15, -0.1) is 0 Å². The number of carbonyl (C=O) groups is 1. The lowest BCUT2D eigenvalue weighted by atomic mass is 10.3. The van der Waals surface area contributed by atoms with Crippen LogP contribution in [0, 0.1) is 0 Å². The maximum atomic E-state index is 9.91. The van der Waals surface area contributed by atoms with Crippen LogP contribution in [-0.2, 0) is 9.63 Å². The standard InChI is InChI=1S/C9H7N3O2/c13-6-14-12-9-5-10-7-3-1-2-4-8(7)11-9/h1-6H,(H,11,12). The molecular weight excluding hydrogens is 182 g/mol. The molecule has 0 amide bonds. The van der Waals surface area contributed by atoms with E-state index in [1.165, 1.54) is 6.20 Å². The first-order chi connectivity index (χ1) is 6.90. The van der Waals surface area contributed by atoms with Gasteiger partial charge in [0.2, 0.25) is 0 Å². The van der Waals surface area contributed by atoms with Gasteiger partial charge in [0.1, 0.15) is 0 Å². The van der Waals surface area contributed by atoms with Gasteiger partial charge in [-0.1, -0.05) is 12.1 Å². The number of nitrogens with one attached hydrogen (secondary N) is 1. The van der Waals surface area contributed by atoms with Gasteiger partial charge in [-0.25, -0.2) is 4.98 Å². The minimum Gasteiger partial charge on any atom is -0.345 e. The monoisotopic (exact) mass is 189 g/mol. The number of carbonyl (C=O) groups excluding carboxylic acids is 1. The Hall–Kier alpha value is -2.17. The first-order valence-electron chi connectivity index (χ1n) is 3.97. The van der Waals surface area contributed by atoms with E-state index in [1.807, 2.05) is 24.3 Å². The number of anilines is 1. The summed E-state index contributed by atoms with van der Waals surface area (Å²) < 4.78 is 0.